The Morgan fingerprint density at radius 2 is 2.25 bits per heavy atom. The highest BCUT2D eigenvalue weighted by Gasteiger charge is 2.12. The Balaban J connectivity index is 0.00000200. The fraction of sp³-hybridized carbons (Fsp3) is 0.250. The van der Waals surface area contributed by atoms with E-state index in [4.69, 9.17) is 9.26 Å². The molecular weight excluding hydrogens is 284 g/mol. The van der Waals surface area contributed by atoms with Crippen LogP contribution in [-0.2, 0) is 11.3 Å². The number of carbonyl (C=O) groups is 1. The van der Waals surface area contributed by atoms with Gasteiger partial charge in [0.05, 0.1) is 11.9 Å². The van der Waals surface area contributed by atoms with Gasteiger partial charge in [-0.1, -0.05) is 5.16 Å². The summed E-state index contributed by atoms with van der Waals surface area (Å²) >= 11 is 0. The van der Waals surface area contributed by atoms with E-state index in [2.05, 4.69) is 20.8 Å². The number of amides is 1. The van der Waals surface area contributed by atoms with Crippen LogP contribution in [0.3, 0.4) is 0 Å². The standard InChI is InChI=1S/C12H14N4O3.ClH/c1-13-11-4-3-8(6-14-11)15-12(17)10-5-9(7-18-2)19-16-10;/h3-6H,7H2,1-2H3,(H,13,14)(H,15,17);1H. The van der Waals surface area contributed by atoms with Gasteiger partial charge >= 0.3 is 0 Å². The number of pyridine rings is 1. The summed E-state index contributed by atoms with van der Waals surface area (Å²) in [6.45, 7) is 0.276. The van der Waals surface area contributed by atoms with Gasteiger partial charge in [-0.25, -0.2) is 4.98 Å². The molecule has 0 aliphatic rings. The molecule has 0 spiro atoms. The monoisotopic (exact) mass is 298 g/mol. The zero-order valence-corrected chi connectivity index (χ0v) is 11.9. The second kappa shape index (κ2) is 7.46. The number of anilines is 2. The summed E-state index contributed by atoms with van der Waals surface area (Å²) in [4.78, 5) is 16.0. The molecule has 7 nitrogen and oxygen atoms in total. The molecule has 0 aliphatic heterocycles. The van der Waals surface area contributed by atoms with Crippen molar-refractivity contribution < 1.29 is 14.1 Å². The second-order valence-corrected chi connectivity index (χ2v) is 3.75. The maximum Gasteiger partial charge on any atom is 0.277 e. The van der Waals surface area contributed by atoms with Crippen LogP contribution in [0.5, 0.6) is 0 Å². The molecule has 0 atom stereocenters. The smallest absolute Gasteiger partial charge is 0.277 e. The van der Waals surface area contributed by atoms with E-state index in [1.807, 2.05) is 0 Å². The average Bonchev–Trinajstić information content (AvgIpc) is 2.89. The number of nitrogens with zero attached hydrogens (tertiary/aromatic N) is 2. The predicted octanol–water partition coefficient (Wildman–Crippen LogP) is 1.93. The molecule has 0 saturated heterocycles. The quantitative estimate of drug-likeness (QED) is 0.877. The highest BCUT2D eigenvalue weighted by Crippen LogP contribution is 2.11. The van der Waals surface area contributed by atoms with Crippen molar-refractivity contribution in [2.45, 2.75) is 6.61 Å². The van der Waals surface area contributed by atoms with Crippen LogP contribution in [0.25, 0.3) is 0 Å². The first-order chi connectivity index (χ1) is 9.22. The van der Waals surface area contributed by atoms with Gasteiger partial charge in [0.15, 0.2) is 11.5 Å². The van der Waals surface area contributed by atoms with E-state index in [0.29, 0.717) is 11.4 Å². The van der Waals surface area contributed by atoms with Crippen LogP contribution in [0.4, 0.5) is 11.5 Å². The summed E-state index contributed by atoms with van der Waals surface area (Å²) in [7, 11) is 3.31. The van der Waals surface area contributed by atoms with Crippen LogP contribution >= 0.6 is 12.4 Å². The number of hydrogen-bond acceptors (Lipinski definition) is 6. The molecule has 0 fully saturated rings. The van der Waals surface area contributed by atoms with Crippen LogP contribution < -0.4 is 10.6 Å². The molecule has 2 N–H and O–H groups in total. The molecular formula is C12H15ClN4O3. The molecule has 8 heteroatoms. The summed E-state index contributed by atoms with van der Waals surface area (Å²) in [6, 6.07) is 5.04. The van der Waals surface area contributed by atoms with Gasteiger partial charge in [-0.2, -0.15) is 0 Å². The number of ether oxygens (including phenoxy) is 1. The Bertz CT molecular complexity index is 556. The van der Waals surface area contributed by atoms with Crippen molar-refractivity contribution in [3.63, 3.8) is 0 Å². The van der Waals surface area contributed by atoms with Gasteiger partial charge in [0.2, 0.25) is 0 Å². The van der Waals surface area contributed by atoms with Crippen LogP contribution in [0.15, 0.2) is 28.9 Å². The Morgan fingerprint density at radius 3 is 2.85 bits per heavy atom. The second-order valence-electron chi connectivity index (χ2n) is 3.75. The Kier molecular flexibility index (Phi) is 5.95. The number of rotatable bonds is 5. The first-order valence-corrected chi connectivity index (χ1v) is 5.62. The van der Waals surface area contributed by atoms with Crippen molar-refractivity contribution in [2.75, 3.05) is 24.8 Å². The van der Waals surface area contributed by atoms with Crippen molar-refractivity contribution in [3.05, 3.63) is 35.9 Å². The largest absolute Gasteiger partial charge is 0.377 e. The van der Waals surface area contributed by atoms with Gasteiger partial charge in [0.1, 0.15) is 12.4 Å². The van der Waals surface area contributed by atoms with Crippen LogP contribution in [0, 0.1) is 0 Å². The minimum absolute atomic E-state index is 0. The highest BCUT2D eigenvalue weighted by atomic mass is 35.5. The Morgan fingerprint density at radius 1 is 1.45 bits per heavy atom. The van der Waals surface area contributed by atoms with Crippen LogP contribution in [0.2, 0.25) is 0 Å². The van der Waals surface area contributed by atoms with Crippen LogP contribution in [-0.4, -0.2) is 30.2 Å². The first-order valence-electron chi connectivity index (χ1n) is 5.62. The van der Waals surface area contributed by atoms with Crippen molar-refractivity contribution in [1.82, 2.24) is 10.1 Å². The summed E-state index contributed by atoms with van der Waals surface area (Å²) in [5.74, 6) is 0.864. The molecule has 1 amide bonds. The van der Waals surface area contributed by atoms with E-state index in [1.54, 1.807) is 25.4 Å². The molecule has 0 saturated carbocycles. The molecule has 0 unspecified atom stereocenters. The lowest BCUT2D eigenvalue weighted by Crippen LogP contribution is -2.12. The van der Waals surface area contributed by atoms with Gasteiger partial charge in [-0.15, -0.1) is 12.4 Å². The van der Waals surface area contributed by atoms with Gasteiger partial charge in [-0.05, 0) is 12.1 Å². The number of halogens is 1. The third kappa shape index (κ3) is 3.94. The van der Waals surface area contributed by atoms with Crippen molar-refractivity contribution in [3.8, 4) is 0 Å². The maximum atomic E-state index is 11.9. The fourth-order valence-corrected chi connectivity index (χ4v) is 1.44. The van der Waals surface area contributed by atoms with Crippen molar-refractivity contribution in [2.24, 2.45) is 0 Å². The number of aromatic nitrogens is 2. The van der Waals surface area contributed by atoms with E-state index in [9.17, 15) is 4.79 Å². The lowest BCUT2D eigenvalue weighted by Gasteiger charge is -2.03. The maximum absolute atomic E-state index is 11.9. The molecule has 0 bridgehead atoms. The lowest BCUT2D eigenvalue weighted by molar-refractivity contribution is 0.101. The minimum Gasteiger partial charge on any atom is -0.377 e. The minimum atomic E-state index is -0.356. The van der Waals surface area contributed by atoms with E-state index in [1.165, 1.54) is 13.2 Å². The molecule has 0 aliphatic carbocycles. The lowest BCUT2D eigenvalue weighted by atomic mass is 10.3. The summed E-state index contributed by atoms with van der Waals surface area (Å²) in [6.07, 6.45) is 1.56. The zero-order valence-electron chi connectivity index (χ0n) is 11.0. The average molecular weight is 299 g/mol. The molecule has 0 aromatic carbocycles. The Hall–Kier alpha value is -2.12. The molecule has 20 heavy (non-hydrogen) atoms. The van der Waals surface area contributed by atoms with E-state index >= 15 is 0 Å². The van der Waals surface area contributed by atoms with Gasteiger partial charge in [0.25, 0.3) is 5.91 Å². The van der Waals surface area contributed by atoms with Crippen LogP contribution in [0.1, 0.15) is 16.2 Å². The molecule has 0 radical (unpaired) electrons. The summed E-state index contributed by atoms with van der Waals surface area (Å²) in [5.41, 5.74) is 0.782. The Labute approximate surface area is 122 Å². The number of nitrogens with one attached hydrogen (secondary N) is 2. The van der Waals surface area contributed by atoms with E-state index in [-0.39, 0.29) is 30.6 Å². The zero-order chi connectivity index (χ0) is 13.7. The predicted molar refractivity (Wildman–Crippen MR) is 76.2 cm³/mol. The van der Waals surface area contributed by atoms with Gasteiger partial charge in [-0.3, -0.25) is 4.79 Å². The molecule has 2 aromatic heterocycles. The number of hydrogen-bond donors (Lipinski definition) is 2. The summed E-state index contributed by atoms with van der Waals surface area (Å²) < 4.78 is 9.82. The topological polar surface area (TPSA) is 89.3 Å². The number of methoxy groups -OCH3 is 1. The summed E-state index contributed by atoms with van der Waals surface area (Å²) in [5, 5.41) is 9.23. The third-order valence-corrected chi connectivity index (χ3v) is 2.36. The van der Waals surface area contributed by atoms with E-state index < -0.39 is 0 Å². The van der Waals surface area contributed by atoms with E-state index in [0.717, 1.165) is 5.82 Å². The molecule has 2 rings (SSSR count). The normalized spacial score (nSPS) is 9.70. The molecule has 2 heterocycles. The molecule has 108 valence electrons. The fourth-order valence-electron chi connectivity index (χ4n) is 1.44. The number of carbonyl (C=O) groups excluding carboxylic acids is 1. The molecule has 2 aromatic rings. The van der Waals surface area contributed by atoms with Gasteiger partial charge < -0.3 is 19.9 Å². The highest BCUT2D eigenvalue weighted by molar-refractivity contribution is 6.02. The van der Waals surface area contributed by atoms with Gasteiger partial charge in [0, 0.05) is 20.2 Å². The first kappa shape index (κ1) is 15.9. The van der Waals surface area contributed by atoms with Crippen molar-refractivity contribution >= 4 is 29.8 Å². The SMILES string of the molecule is CNc1ccc(NC(=O)c2cc(COC)on2)cn1.Cl. The third-order valence-electron chi connectivity index (χ3n) is 2.36. The van der Waals surface area contributed by atoms with Crippen molar-refractivity contribution in [1.29, 1.82) is 0 Å².